The second-order valence-electron chi connectivity index (χ2n) is 7.53. The maximum Gasteiger partial charge on any atom is 0.252 e. The average Bonchev–Trinajstić information content (AvgIpc) is 2.75. The fraction of sp³-hybridized carbons (Fsp3) is 0.500. The molecule has 7 heteroatoms. The van der Waals surface area contributed by atoms with Crippen LogP contribution in [0.1, 0.15) is 37.0 Å². The van der Waals surface area contributed by atoms with Crippen molar-refractivity contribution in [1.29, 1.82) is 0 Å². The Bertz CT molecular complexity index is 739. The Morgan fingerprint density at radius 1 is 1.28 bits per heavy atom. The van der Waals surface area contributed by atoms with Crippen molar-refractivity contribution < 1.29 is 19.1 Å². The van der Waals surface area contributed by atoms with E-state index in [1.807, 2.05) is 18.7 Å². The molecule has 0 spiro atoms. The van der Waals surface area contributed by atoms with E-state index in [0.717, 1.165) is 0 Å². The number of carbonyl (C=O) groups excluding carboxylic acids is 3. The van der Waals surface area contributed by atoms with E-state index in [0.29, 0.717) is 43.8 Å². The summed E-state index contributed by atoms with van der Waals surface area (Å²) in [7, 11) is 1.54. The molecule has 158 valence electrons. The van der Waals surface area contributed by atoms with Gasteiger partial charge in [0.25, 0.3) is 5.91 Å². The monoisotopic (exact) mass is 401 g/mol. The largest absolute Gasteiger partial charge is 0.497 e. The number of benzene rings is 1. The number of ether oxygens (including phenoxy) is 1. The lowest BCUT2D eigenvalue weighted by atomic mass is 9.88. The second kappa shape index (κ2) is 10.6. The Kier molecular flexibility index (Phi) is 8.24. The van der Waals surface area contributed by atoms with Gasteiger partial charge < -0.3 is 20.3 Å². The smallest absolute Gasteiger partial charge is 0.252 e. The van der Waals surface area contributed by atoms with Crippen LogP contribution in [0.15, 0.2) is 36.9 Å². The summed E-state index contributed by atoms with van der Waals surface area (Å²) in [5.41, 5.74) is 0.429. The topological polar surface area (TPSA) is 87.7 Å². The summed E-state index contributed by atoms with van der Waals surface area (Å²) < 4.78 is 5.17. The average molecular weight is 402 g/mol. The number of amides is 3. The number of carbonyl (C=O) groups is 3. The first-order valence-corrected chi connectivity index (χ1v) is 9.99. The maximum absolute atomic E-state index is 12.8. The molecule has 0 aromatic heterocycles. The first kappa shape index (κ1) is 22.5. The highest BCUT2D eigenvalue weighted by molar-refractivity contribution is 5.98. The predicted octanol–water partition coefficient (Wildman–Crippen LogP) is 1.99. The number of nitrogens with one attached hydrogen (secondary N) is 2. The van der Waals surface area contributed by atoms with Crippen LogP contribution in [-0.4, -0.2) is 55.4 Å². The van der Waals surface area contributed by atoms with Gasteiger partial charge in [-0.05, 0) is 37.0 Å². The molecule has 1 aliphatic rings. The highest BCUT2D eigenvalue weighted by Gasteiger charge is 2.34. The Labute approximate surface area is 172 Å². The highest BCUT2D eigenvalue weighted by Crippen LogP contribution is 2.23. The minimum atomic E-state index is -0.676. The molecule has 3 amide bonds. The third kappa shape index (κ3) is 6.07. The molecule has 0 radical (unpaired) electrons. The van der Waals surface area contributed by atoms with E-state index >= 15 is 0 Å². The minimum Gasteiger partial charge on any atom is -0.497 e. The zero-order chi connectivity index (χ0) is 21.4. The standard InChI is InChI=1S/C22H31N3O4/c1-5-11-23-21(27)19(16-9-12-25(13-10-16)22(28)15(2)3)24-20(26)17-7-6-8-18(14-17)29-4/h5-8,14-16,19H,1,9-13H2,2-4H3,(H,23,27)(H,24,26)/t19-/m0/s1. The summed E-state index contributed by atoms with van der Waals surface area (Å²) in [5, 5.41) is 5.67. The summed E-state index contributed by atoms with van der Waals surface area (Å²) in [6.45, 7) is 8.88. The molecule has 1 saturated heterocycles. The van der Waals surface area contributed by atoms with E-state index < -0.39 is 6.04 Å². The van der Waals surface area contributed by atoms with E-state index in [-0.39, 0.29) is 29.6 Å². The molecule has 2 rings (SSSR count). The zero-order valence-corrected chi connectivity index (χ0v) is 17.4. The van der Waals surface area contributed by atoms with Crippen LogP contribution in [0.4, 0.5) is 0 Å². The van der Waals surface area contributed by atoms with Gasteiger partial charge in [-0.3, -0.25) is 14.4 Å². The lowest BCUT2D eigenvalue weighted by Gasteiger charge is -2.36. The van der Waals surface area contributed by atoms with Crippen LogP contribution in [0.5, 0.6) is 5.75 Å². The second-order valence-corrected chi connectivity index (χ2v) is 7.53. The third-order valence-electron chi connectivity index (χ3n) is 5.14. The van der Waals surface area contributed by atoms with E-state index in [1.54, 1.807) is 30.3 Å². The Hall–Kier alpha value is -2.83. The molecule has 1 fully saturated rings. The van der Waals surface area contributed by atoms with Gasteiger partial charge >= 0.3 is 0 Å². The van der Waals surface area contributed by atoms with E-state index in [4.69, 9.17) is 4.74 Å². The number of hydrogen-bond donors (Lipinski definition) is 2. The van der Waals surface area contributed by atoms with Crippen LogP contribution in [0.25, 0.3) is 0 Å². The summed E-state index contributed by atoms with van der Waals surface area (Å²) in [5.74, 6) is 0.0250. The molecular weight excluding hydrogens is 370 g/mol. The molecule has 0 unspecified atom stereocenters. The molecule has 1 heterocycles. The minimum absolute atomic E-state index is 0.0500. The van der Waals surface area contributed by atoms with Gasteiger partial charge in [-0.15, -0.1) is 6.58 Å². The van der Waals surface area contributed by atoms with Gasteiger partial charge in [0.05, 0.1) is 7.11 Å². The zero-order valence-electron chi connectivity index (χ0n) is 17.4. The van der Waals surface area contributed by atoms with Gasteiger partial charge in [-0.1, -0.05) is 26.0 Å². The van der Waals surface area contributed by atoms with Crippen molar-refractivity contribution in [2.45, 2.75) is 32.7 Å². The molecule has 1 aliphatic heterocycles. The maximum atomic E-state index is 12.8. The summed E-state index contributed by atoms with van der Waals surface area (Å²) in [6.07, 6.45) is 2.91. The molecule has 1 aromatic carbocycles. The van der Waals surface area contributed by atoms with Crippen LogP contribution in [-0.2, 0) is 9.59 Å². The van der Waals surface area contributed by atoms with Crippen molar-refractivity contribution in [3.63, 3.8) is 0 Å². The molecule has 0 aliphatic carbocycles. The van der Waals surface area contributed by atoms with Gasteiger partial charge in [-0.25, -0.2) is 0 Å². The summed E-state index contributed by atoms with van der Waals surface area (Å²) in [6, 6.07) is 6.13. The first-order valence-electron chi connectivity index (χ1n) is 9.99. The van der Waals surface area contributed by atoms with Crippen molar-refractivity contribution in [2.24, 2.45) is 11.8 Å². The van der Waals surface area contributed by atoms with E-state index in [1.165, 1.54) is 7.11 Å². The van der Waals surface area contributed by atoms with E-state index in [2.05, 4.69) is 17.2 Å². The van der Waals surface area contributed by atoms with Crippen LogP contribution < -0.4 is 15.4 Å². The van der Waals surface area contributed by atoms with Crippen molar-refractivity contribution in [3.8, 4) is 5.75 Å². The molecular formula is C22H31N3O4. The Morgan fingerprint density at radius 2 is 1.97 bits per heavy atom. The van der Waals surface area contributed by atoms with Crippen LogP contribution in [0, 0.1) is 11.8 Å². The van der Waals surface area contributed by atoms with Gasteiger partial charge in [0.15, 0.2) is 0 Å². The molecule has 1 aromatic rings. The quantitative estimate of drug-likeness (QED) is 0.652. The molecule has 2 N–H and O–H groups in total. The lowest BCUT2D eigenvalue weighted by molar-refractivity contribution is -0.136. The van der Waals surface area contributed by atoms with Crippen molar-refractivity contribution in [1.82, 2.24) is 15.5 Å². The molecule has 1 atom stereocenters. The predicted molar refractivity (Wildman–Crippen MR) is 112 cm³/mol. The van der Waals surface area contributed by atoms with Crippen LogP contribution >= 0.6 is 0 Å². The number of piperidine rings is 1. The number of hydrogen-bond acceptors (Lipinski definition) is 4. The SMILES string of the molecule is C=CCNC(=O)[C@@H](NC(=O)c1cccc(OC)c1)C1CCN(C(=O)C(C)C)CC1. The van der Waals surface area contributed by atoms with Crippen LogP contribution in [0.3, 0.4) is 0 Å². The molecule has 0 bridgehead atoms. The normalized spacial score (nSPS) is 15.5. The number of likely N-dealkylation sites (tertiary alicyclic amines) is 1. The molecule has 29 heavy (non-hydrogen) atoms. The molecule has 7 nitrogen and oxygen atoms in total. The van der Waals surface area contributed by atoms with Crippen molar-refractivity contribution >= 4 is 17.7 Å². The van der Waals surface area contributed by atoms with Gasteiger partial charge in [0.2, 0.25) is 11.8 Å². The fourth-order valence-corrected chi connectivity index (χ4v) is 3.49. The Balaban J connectivity index is 2.11. The lowest BCUT2D eigenvalue weighted by Crippen LogP contribution is -2.54. The fourth-order valence-electron chi connectivity index (χ4n) is 3.49. The third-order valence-corrected chi connectivity index (χ3v) is 5.14. The summed E-state index contributed by atoms with van der Waals surface area (Å²) in [4.78, 5) is 39.6. The van der Waals surface area contributed by atoms with Crippen molar-refractivity contribution in [3.05, 3.63) is 42.5 Å². The van der Waals surface area contributed by atoms with Gasteiger partial charge in [0, 0.05) is 31.1 Å². The van der Waals surface area contributed by atoms with Crippen molar-refractivity contribution in [2.75, 3.05) is 26.7 Å². The van der Waals surface area contributed by atoms with E-state index in [9.17, 15) is 14.4 Å². The number of nitrogens with zero attached hydrogens (tertiary/aromatic N) is 1. The molecule has 0 saturated carbocycles. The number of rotatable bonds is 8. The highest BCUT2D eigenvalue weighted by atomic mass is 16.5. The first-order chi connectivity index (χ1) is 13.9. The van der Waals surface area contributed by atoms with Gasteiger partial charge in [0.1, 0.15) is 11.8 Å². The Morgan fingerprint density at radius 3 is 2.55 bits per heavy atom. The van der Waals surface area contributed by atoms with Crippen LogP contribution in [0.2, 0.25) is 0 Å². The summed E-state index contributed by atoms with van der Waals surface area (Å²) >= 11 is 0. The van der Waals surface area contributed by atoms with Gasteiger partial charge in [-0.2, -0.15) is 0 Å². The number of methoxy groups -OCH3 is 1.